The molecule has 7 heteroatoms. The number of halogens is 1. The van der Waals surface area contributed by atoms with E-state index in [-0.39, 0.29) is 5.91 Å². The largest absolute Gasteiger partial charge is 0.378 e. The monoisotopic (exact) mass is 319 g/mol. The van der Waals surface area contributed by atoms with Crippen LogP contribution in [0.1, 0.15) is 18.5 Å². The molecule has 1 aromatic carbocycles. The third kappa shape index (κ3) is 3.24. The Kier molecular flexibility index (Phi) is 4.38. The van der Waals surface area contributed by atoms with Crippen molar-refractivity contribution in [2.45, 2.75) is 13.0 Å². The second-order valence-electron chi connectivity index (χ2n) is 5.65. The normalized spacial score (nSPS) is 24.9. The predicted molar refractivity (Wildman–Crippen MR) is 81.7 cm³/mol. The molecule has 0 aliphatic carbocycles. The minimum atomic E-state index is -0.632. The molecule has 2 atom stereocenters. The minimum Gasteiger partial charge on any atom is -0.378 e. The lowest BCUT2D eigenvalue weighted by Gasteiger charge is -2.35. The molecule has 1 fully saturated rings. The molecule has 0 radical (unpaired) electrons. The van der Waals surface area contributed by atoms with E-state index in [4.69, 9.17) is 4.74 Å². The summed E-state index contributed by atoms with van der Waals surface area (Å²) < 4.78 is 18.8. The smallest absolute Gasteiger partial charge is 0.341 e. The van der Waals surface area contributed by atoms with Crippen molar-refractivity contribution >= 4 is 17.6 Å². The highest BCUT2D eigenvalue weighted by molar-refractivity contribution is 6.09. The molecule has 0 bridgehead atoms. The van der Waals surface area contributed by atoms with Crippen LogP contribution in [-0.2, 0) is 9.53 Å². The number of ether oxygens (including phenoxy) is 1. The molecular formula is C16H18FN3O3. The van der Waals surface area contributed by atoms with Gasteiger partial charge in [0.25, 0.3) is 0 Å². The molecule has 1 aromatic rings. The molecule has 2 heterocycles. The highest BCUT2D eigenvalue weighted by Crippen LogP contribution is 2.29. The van der Waals surface area contributed by atoms with E-state index in [0.717, 1.165) is 0 Å². The van der Waals surface area contributed by atoms with Gasteiger partial charge in [0.15, 0.2) is 0 Å². The first kappa shape index (κ1) is 15.6. The molecule has 23 heavy (non-hydrogen) atoms. The summed E-state index contributed by atoms with van der Waals surface area (Å²) in [6.07, 6.45) is 0. The summed E-state index contributed by atoms with van der Waals surface area (Å²) in [5.74, 6) is -1.16. The van der Waals surface area contributed by atoms with E-state index >= 15 is 0 Å². The zero-order valence-electron chi connectivity index (χ0n) is 12.8. The van der Waals surface area contributed by atoms with Gasteiger partial charge in [-0.1, -0.05) is 12.1 Å². The topological polar surface area (TPSA) is 71.0 Å². The third-order valence-corrected chi connectivity index (χ3v) is 4.14. The molecule has 3 rings (SSSR count). The number of carbonyl (C=O) groups is 2. The Labute approximate surface area is 133 Å². The number of hydrogen-bond donors (Lipinski definition) is 1. The Morgan fingerprint density at radius 2 is 2.13 bits per heavy atom. The summed E-state index contributed by atoms with van der Waals surface area (Å²) in [5, 5.41) is 2.69. The van der Waals surface area contributed by atoms with Gasteiger partial charge < -0.3 is 15.0 Å². The second-order valence-corrected chi connectivity index (χ2v) is 5.65. The van der Waals surface area contributed by atoms with Crippen LogP contribution in [0.2, 0.25) is 0 Å². The first-order valence-electron chi connectivity index (χ1n) is 7.54. The lowest BCUT2D eigenvalue weighted by molar-refractivity contribution is -0.138. The van der Waals surface area contributed by atoms with Gasteiger partial charge in [0.1, 0.15) is 11.7 Å². The Morgan fingerprint density at radius 1 is 1.39 bits per heavy atom. The lowest BCUT2D eigenvalue weighted by atomic mass is 9.87. The van der Waals surface area contributed by atoms with Crippen LogP contribution in [0.15, 0.2) is 29.3 Å². The van der Waals surface area contributed by atoms with Crippen LogP contribution in [0.3, 0.4) is 0 Å². The number of nitrogens with one attached hydrogen (secondary N) is 1. The van der Waals surface area contributed by atoms with Gasteiger partial charge in [-0.15, -0.1) is 0 Å². The summed E-state index contributed by atoms with van der Waals surface area (Å²) >= 11 is 0. The molecule has 3 amide bonds. The van der Waals surface area contributed by atoms with Crippen LogP contribution in [0.5, 0.6) is 0 Å². The Morgan fingerprint density at radius 3 is 2.83 bits per heavy atom. The molecule has 2 aliphatic rings. The molecule has 2 unspecified atom stereocenters. The first-order chi connectivity index (χ1) is 11.1. The maximum atomic E-state index is 13.5. The molecule has 0 aromatic heterocycles. The fourth-order valence-electron chi connectivity index (χ4n) is 3.00. The number of rotatable bonds is 2. The van der Waals surface area contributed by atoms with Crippen molar-refractivity contribution in [3.05, 3.63) is 35.6 Å². The zero-order chi connectivity index (χ0) is 16.4. The number of urea groups is 1. The van der Waals surface area contributed by atoms with Crippen LogP contribution >= 0.6 is 0 Å². The van der Waals surface area contributed by atoms with Crippen molar-refractivity contribution in [1.29, 1.82) is 0 Å². The maximum Gasteiger partial charge on any atom is 0.341 e. The fraction of sp³-hybridized carbons (Fsp3) is 0.438. The van der Waals surface area contributed by atoms with Gasteiger partial charge >= 0.3 is 6.03 Å². The highest BCUT2D eigenvalue weighted by Gasteiger charge is 2.39. The number of nitrogens with zero attached hydrogens (tertiary/aromatic N) is 2. The van der Waals surface area contributed by atoms with Gasteiger partial charge in [-0.05, 0) is 24.6 Å². The van der Waals surface area contributed by atoms with Crippen LogP contribution in [-0.4, -0.2) is 48.9 Å². The molecule has 1 saturated heterocycles. The molecular weight excluding hydrogens is 301 g/mol. The van der Waals surface area contributed by atoms with E-state index in [1.165, 1.54) is 12.1 Å². The van der Waals surface area contributed by atoms with E-state index in [1.807, 2.05) is 0 Å². The van der Waals surface area contributed by atoms with E-state index in [2.05, 4.69) is 10.3 Å². The number of amides is 3. The fourth-order valence-corrected chi connectivity index (χ4v) is 3.00. The van der Waals surface area contributed by atoms with Gasteiger partial charge in [-0.2, -0.15) is 0 Å². The van der Waals surface area contributed by atoms with Crippen LogP contribution in [0, 0.1) is 11.7 Å². The Balaban J connectivity index is 1.93. The van der Waals surface area contributed by atoms with Crippen LogP contribution in [0.4, 0.5) is 9.18 Å². The van der Waals surface area contributed by atoms with Crippen molar-refractivity contribution in [2.75, 3.05) is 26.3 Å². The molecule has 0 spiro atoms. The second kappa shape index (κ2) is 6.45. The first-order valence-corrected chi connectivity index (χ1v) is 7.54. The zero-order valence-corrected chi connectivity index (χ0v) is 12.8. The summed E-state index contributed by atoms with van der Waals surface area (Å²) in [5.41, 5.74) is 0.999. The molecule has 1 N–H and O–H groups in total. The van der Waals surface area contributed by atoms with Crippen molar-refractivity contribution in [2.24, 2.45) is 10.9 Å². The Bertz CT molecular complexity index is 656. The maximum absolute atomic E-state index is 13.5. The predicted octanol–water partition coefficient (Wildman–Crippen LogP) is 1.53. The van der Waals surface area contributed by atoms with E-state index in [0.29, 0.717) is 37.6 Å². The van der Waals surface area contributed by atoms with Crippen LogP contribution < -0.4 is 5.32 Å². The molecule has 6 nitrogen and oxygen atoms in total. The van der Waals surface area contributed by atoms with Crippen molar-refractivity contribution in [3.63, 3.8) is 0 Å². The summed E-state index contributed by atoms with van der Waals surface area (Å²) in [7, 11) is 0. The average molecular weight is 319 g/mol. The van der Waals surface area contributed by atoms with E-state index in [1.54, 1.807) is 24.0 Å². The lowest BCUT2D eigenvalue weighted by Crippen LogP contribution is -2.51. The summed E-state index contributed by atoms with van der Waals surface area (Å²) in [6, 6.07) is 4.80. The number of aliphatic imine (C=N–C) groups is 1. The van der Waals surface area contributed by atoms with Crippen molar-refractivity contribution in [1.82, 2.24) is 10.2 Å². The number of hydrogen-bond acceptors (Lipinski definition) is 3. The number of benzene rings is 1. The van der Waals surface area contributed by atoms with E-state index < -0.39 is 23.8 Å². The van der Waals surface area contributed by atoms with Gasteiger partial charge in [-0.3, -0.25) is 4.79 Å². The molecule has 122 valence electrons. The number of carbonyl (C=O) groups excluding carboxylic acids is 2. The average Bonchev–Trinajstić information content (AvgIpc) is 2.54. The van der Waals surface area contributed by atoms with Crippen LogP contribution in [0.25, 0.3) is 0 Å². The molecule has 0 saturated carbocycles. The van der Waals surface area contributed by atoms with Gasteiger partial charge in [-0.25, -0.2) is 14.2 Å². The number of morpholine rings is 1. The summed E-state index contributed by atoms with van der Waals surface area (Å²) in [6.45, 7) is 3.66. The summed E-state index contributed by atoms with van der Waals surface area (Å²) in [4.78, 5) is 30.2. The van der Waals surface area contributed by atoms with Gasteiger partial charge in [0, 0.05) is 18.8 Å². The third-order valence-electron chi connectivity index (χ3n) is 4.14. The quantitative estimate of drug-likeness (QED) is 0.898. The Hall–Kier alpha value is -2.28. The van der Waals surface area contributed by atoms with E-state index in [9.17, 15) is 14.0 Å². The SMILES string of the molecule is CC1=NC(=O)NC(c2cccc(F)c2)C1C(=O)N1CCOCC1. The van der Waals surface area contributed by atoms with Crippen molar-refractivity contribution in [3.8, 4) is 0 Å². The highest BCUT2D eigenvalue weighted by atomic mass is 19.1. The van der Waals surface area contributed by atoms with Crippen molar-refractivity contribution < 1.29 is 18.7 Å². The molecule has 2 aliphatic heterocycles. The standard InChI is InChI=1S/C16H18FN3O3/c1-10-13(15(21)20-5-7-23-8-6-20)14(19-16(22)18-10)11-3-2-4-12(17)9-11/h2-4,9,13-14H,5-8H2,1H3,(H,19,22). The van der Waals surface area contributed by atoms with Gasteiger partial charge in [0.2, 0.25) is 5.91 Å². The van der Waals surface area contributed by atoms with Gasteiger partial charge in [0.05, 0.1) is 19.3 Å². The minimum absolute atomic E-state index is 0.121.